The summed E-state index contributed by atoms with van der Waals surface area (Å²) in [5.74, 6) is 1.26. The minimum atomic E-state index is -2.78. The third-order valence-electron chi connectivity index (χ3n) is 3.36. The quantitative estimate of drug-likeness (QED) is 0.728. The molecule has 2 rings (SSSR count). The normalized spacial score (nSPS) is 34.7. The standard InChI is InChI=1S/C9H17NO2S/c10-6-8(7-3-4-7)9-2-1-5-13(9,11)12/h7-9H,1-6,10H2. The molecule has 2 unspecified atom stereocenters. The summed E-state index contributed by atoms with van der Waals surface area (Å²) in [6, 6.07) is 0. The fraction of sp³-hybridized carbons (Fsp3) is 1.00. The molecule has 76 valence electrons. The third kappa shape index (κ3) is 1.74. The van der Waals surface area contributed by atoms with E-state index in [9.17, 15) is 8.42 Å². The van der Waals surface area contributed by atoms with Crippen LogP contribution in [0.5, 0.6) is 0 Å². The average molecular weight is 203 g/mol. The third-order valence-corrected chi connectivity index (χ3v) is 5.72. The van der Waals surface area contributed by atoms with Gasteiger partial charge in [-0.3, -0.25) is 0 Å². The van der Waals surface area contributed by atoms with Gasteiger partial charge in [-0.2, -0.15) is 0 Å². The van der Waals surface area contributed by atoms with E-state index < -0.39 is 9.84 Å². The molecule has 1 saturated heterocycles. The van der Waals surface area contributed by atoms with Crippen LogP contribution in [0.3, 0.4) is 0 Å². The second kappa shape index (κ2) is 3.24. The van der Waals surface area contributed by atoms with Crippen molar-refractivity contribution in [3.05, 3.63) is 0 Å². The fourth-order valence-corrected chi connectivity index (χ4v) is 4.73. The monoisotopic (exact) mass is 203 g/mol. The van der Waals surface area contributed by atoms with Crippen LogP contribution in [0, 0.1) is 11.8 Å². The van der Waals surface area contributed by atoms with Crippen molar-refractivity contribution in [1.82, 2.24) is 0 Å². The molecule has 0 aromatic heterocycles. The SMILES string of the molecule is NCC(C1CC1)C1CCCS1(=O)=O. The Hall–Kier alpha value is -0.0900. The van der Waals surface area contributed by atoms with Crippen LogP contribution in [0.2, 0.25) is 0 Å². The maximum Gasteiger partial charge on any atom is 0.153 e. The number of rotatable bonds is 3. The molecule has 4 heteroatoms. The van der Waals surface area contributed by atoms with E-state index in [1.165, 1.54) is 12.8 Å². The van der Waals surface area contributed by atoms with Gasteiger partial charge in [-0.1, -0.05) is 0 Å². The second-order valence-electron chi connectivity index (χ2n) is 4.28. The van der Waals surface area contributed by atoms with Crippen molar-refractivity contribution in [2.75, 3.05) is 12.3 Å². The van der Waals surface area contributed by atoms with Crippen molar-refractivity contribution in [3.8, 4) is 0 Å². The summed E-state index contributed by atoms with van der Waals surface area (Å²) in [5.41, 5.74) is 5.65. The maximum absolute atomic E-state index is 11.6. The first-order valence-electron chi connectivity index (χ1n) is 5.07. The molecular formula is C9H17NO2S. The van der Waals surface area contributed by atoms with E-state index in [1.807, 2.05) is 0 Å². The molecule has 0 bridgehead atoms. The lowest BCUT2D eigenvalue weighted by atomic mass is 9.97. The van der Waals surface area contributed by atoms with Gasteiger partial charge in [0.05, 0.1) is 11.0 Å². The van der Waals surface area contributed by atoms with Crippen LogP contribution >= 0.6 is 0 Å². The van der Waals surface area contributed by atoms with Gasteiger partial charge >= 0.3 is 0 Å². The molecule has 2 aliphatic rings. The molecule has 2 atom stereocenters. The van der Waals surface area contributed by atoms with Gasteiger partial charge in [0.1, 0.15) is 0 Å². The van der Waals surface area contributed by atoms with Gasteiger partial charge in [-0.15, -0.1) is 0 Å². The van der Waals surface area contributed by atoms with E-state index in [0.29, 0.717) is 18.2 Å². The molecule has 3 nitrogen and oxygen atoms in total. The first kappa shape index (κ1) is 9.46. The topological polar surface area (TPSA) is 60.2 Å². The minimum Gasteiger partial charge on any atom is -0.330 e. The summed E-state index contributed by atoms with van der Waals surface area (Å²) in [4.78, 5) is 0. The van der Waals surface area contributed by atoms with Crippen LogP contribution in [0.4, 0.5) is 0 Å². The summed E-state index contributed by atoms with van der Waals surface area (Å²) in [7, 11) is -2.78. The Morgan fingerprint density at radius 3 is 2.38 bits per heavy atom. The Labute approximate surface area is 79.6 Å². The molecule has 1 saturated carbocycles. The Balaban J connectivity index is 2.13. The van der Waals surface area contributed by atoms with Crippen LogP contribution in [0.15, 0.2) is 0 Å². The summed E-state index contributed by atoms with van der Waals surface area (Å²) in [6.45, 7) is 0.550. The molecule has 2 N–H and O–H groups in total. The van der Waals surface area contributed by atoms with Gasteiger partial charge in [0, 0.05) is 0 Å². The van der Waals surface area contributed by atoms with Gasteiger partial charge in [0.15, 0.2) is 9.84 Å². The highest BCUT2D eigenvalue weighted by molar-refractivity contribution is 7.92. The molecule has 0 aromatic carbocycles. The first-order chi connectivity index (χ1) is 6.15. The van der Waals surface area contributed by atoms with E-state index >= 15 is 0 Å². The smallest absolute Gasteiger partial charge is 0.153 e. The molecule has 0 amide bonds. The Morgan fingerprint density at radius 2 is 2.00 bits per heavy atom. The van der Waals surface area contributed by atoms with Crippen molar-refractivity contribution >= 4 is 9.84 Å². The van der Waals surface area contributed by atoms with E-state index in [2.05, 4.69) is 0 Å². The van der Waals surface area contributed by atoms with Crippen LogP contribution in [0.25, 0.3) is 0 Å². The van der Waals surface area contributed by atoms with Gasteiger partial charge in [0.25, 0.3) is 0 Å². The number of nitrogens with two attached hydrogens (primary N) is 1. The molecule has 13 heavy (non-hydrogen) atoms. The zero-order valence-corrected chi connectivity index (χ0v) is 8.59. The molecule has 2 fully saturated rings. The highest BCUT2D eigenvalue weighted by Gasteiger charge is 2.43. The van der Waals surface area contributed by atoms with Crippen LogP contribution < -0.4 is 5.73 Å². The molecule has 1 heterocycles. The molecule has 0 aromatic rings. The minimum absolute atomic E-state index is 0.106. The maximum atomic E-state index is 11.6. The zero-order chi connectivity index (χ0) is 9.47. The highest BCUT2D eigenvalue weighted by atomic mass is 32.2. The largest absolute Gasteiger partial charge is 0.330 e. The van der Waals surface area contributed by atoms with Crippen molar-refractivity contribution in [1.29, 1.82) is 0 Å². The van der Waals surface area contributed by atoms with Gasteiger partial charge < -0.3 is 5.73 Å². The van der Waals surface area contributed by atoms with E-state index in [-0.39, 0.29) is 11.2 Å². The molecule has 1 aliphatic carbocycles. The van der Waals surface area contributed by atoms with Gasteiger partial charge in [-0.25, -0.2) is 8.42 Å². The summed E-state index contributed by atoms with van der Waals surface area (Å²) in [6.07, 6.45) is 4.07. The average Bonchev–Trinajstić information content (AvgIpc) is 2.81. The van der Waals surface area contributed by atoms with Gasteiger partial charge in [-0.05, 0) is 44.1 Å². The van der Waals surface area contributed by atoms with E-state index in [4.69, 9.17) is 5.73 Å². The Morgan fingerprint density at radius 1 is 1.31 bits per heavy atom. The lowest BCUT2D eigenvalue weighted by Crippen LogP contribution is -2.33. The number of hydrogen-bond acceptors (Lipinski definition) is 3. The summed E-state index contributed by atoms with van der Waals surface area (Å²) >= 11 is 0. The van der Waals surface area contributed by atoms with E-state index in [0.717, 1.165) is 12.8 Å². The van der Waals surface area contributed by atoms with Crippen LogP contribution in [-0.2, 0) is 9.84 Å². The van der Waals surface area contributed by atoms with E-state index in [1.54, 1.807) is 0 Å². The van der Waals surface area contributed by atoms with Crippen LogP contribution in [0.1, 0.15) is 25.7 Å². The summed E-state index contributed by atoms with van der Waals surface area (Å²) in [5, 5.41) is -0.106. The number of hydrogen-bond donors (Lipinski definition) is 1. The molecular weight excluding hydrogens is 186 g/mol. The highest BCUT2D eigenvalue weighted by Crippen LogP contribution is 2.42. The molecule has 0 radical (unpaired) electrons. The van der Waals surface area contributed by atoms with Crippen LogP contribution in [-0.4, -0.2) is 26.0 Å². The summed E-state index contributed by atoms with van der Waals surface area (Å²) < 4.78 is 23.3. The van der Waals surface area contributed by atoms with Crippen molar-refractivity contribution in [3.63, 3.8) is 0 Å². The Kier molecular flexibility index (Phi) is 2.36. The van der Waals surface area contributed by atoms with Crippen molar-refractivity contribution < 1.29 is 8.42 Å². The second-order valence-corrected chi connectivity index (χ2v) is 6.62. The fourth-order valence-electron chi connectivity index (χ4n) is 2.47. The lowest BCUT2D eigenvalue weighted by Gasteiger charge is -2.20. The predicted molar refractivity (Wildman–Crippen MR) is 52.1 cm³/mol. The lowest BCUT2D eigenvalue weighted by molar-refractivity contribution is 0.431. The molecule has 0 spiro atoms. The number of sulfone groups is 1. The zero-order valence-electron chi connectivity index (χ0n) is 7.78. The van der Waals surface area contributed by atoms with Crippen molar-refractivity contribution in [2.45, 2.75) is 30.9 Å². The molecule has 1 aliphatic heterocycles. The van der Waals surface area contributed by atoms with Gasteiger partial charge in [0.2, 0.25) is 0 Å². The predicted octanol–water partition coefficient (Wildman–Crippen LogP) is 0.549. The first-order valence-corrected chi connectivity index (χ1v) is 6.78. The van der Waals surface area contributed by atoms with Crippen molar-refractivity contribution in [2.24, 2.45) is 17.6 Å². The Bertz CT molecular complexity index is 282.